The summed E-state index contributed by atoms with van der Waals surface area (Å²) in [5, 5.41) is 18.7. The van der Waals surface area contributed by atoms with Gasteiger partial charge in [0.25, 0.3) is 0 Å². The normalized spacial score (nSPS) is 21.0. The fourth-order valence-electron chi connectivity index (χ4n) is 2.81. The van der Waals surface area contributed by atoms with Gasteiger partial charge in [0.2, 0.25) is 0 Å². The van der Waals surface area contributed by atoms with E-state index in [0.29, 0.717) is 6.61 Å². The van der Waals surface area contributed by atoms with E-state index in [2.05, 4.69) is 11.8 Å². The summed E-state index contributed by atoms with van der Waals surface area (Å²) in [6.07, 6.45) is 7.41. The Morgan fingerprint density at radius 1 is 1.06 bits per heavy atom. The second-order valence-electron chi connectivity index (χ2n) is 5.16. The molecule has 0 aromatic rings. The smallest absolute Gasteiger partial charge is 0.0558 e. The minimum atomic E-state index is 0.0989. The molecule has 1 aliphatic rings. The standard InChI is InChI=1S/C13H27NO2/c1-2-14(9-10-15)11-13(12-16)7-5-3-4-6-8-13/h15-16H,2-12H2,1H3. The third kappa shape index (κ3) is 4.04. The highest BCUT2D eigenvalue weighted by Gasteiger charge is 2.31. The summed E-state index contributed by atoms with van der Waals surface area (Å²) >= 11 is 0. The lowest BCUT2D eigenvalue weighted by atomic mass is 9.80. The first-order chi connectivity index (χ1) is 7.76. The van der Waals surface area contributed by atoms with E-state index in [0.717, 1.165) is 32.5 Å². The third-order valence-electron chi connectivity index (χ3n) is 3.92. The summed E-state index contributed by atoms with van der Waals surface area (Å²) in [5.41, 5.74) is 0.0989. The summed E-state index contributed by atoms with van der Waals surface area (Å²) in [5.74, 6) is 0. The quantitative estimate of drug-likeness (QED) is 0.680. The molecular weight excluding hydrogens is 202 g/mol. The predicted molar refractivity (Wildman–Crippen MR) is 66.4 cm³/mol. The van der Waals surface area contributed by atoms with Gasteiger partial charge in [-0.2, -0.15) is 0 Å². The molecule has 0 unspecified atom stereocenters. The van der Waals surface area contributed by atoms with Crippen molar-refractivity contribution in [3.8, 4) is 0 Å². The average Bonchev–Trinajstić information content (AvgIpc) is 2.55. The summed E-state index contributed by atoms with van der Waals surface area (Å²) < 4.78 is 0. The van der Waals surface area contributed by atoms with Gasteiger partial charge in [-0.1, -0.05) is 32.6 Å². The van der Waals surface area contributed by atoms with E-state index in [9.17, 15) is 5.11 Å². The molecule has 1 fully saturated rings. The Morgan fingerprint density at radius 3 is 2.12 bits per heavy atom. The minimum Gasteiger partial charge on any atom is -0.396 e. The summed E-state index contributed by atoms with van der Waals surface area (Å²) in [6.45, 7) is 5.28. The third-order valence-corrected chi connectivity index (χ3v) is 3.92. The zero-order valence-electron chi connectivity index (χ0n) is 10.6. The van der Waals surface area contributed by atoms with Crippen molar-refractivity contribution in [1.29, 1.82) is 0 Å². The van der Waals surface area contributed by atoms with Crippen LogP contribution in [0.25, 0.3) is 0 Å². The van der Waals surface area contributed by atoms with Gasteiger partial charge in [0, 0.05) is 25.1 Å². The van der Waals surface area contributed by atoms with Crippen LogP contribution in [0.3, 0.4) is 0 Å². The van der Waals surface area contributed by atoms with Crippen LogP contribution in [0, 0.1) is 5.41 Å². The van der Waals surface area contributed by atoms with Gasteiger partial charge in [-0.25, -0.2) is 0 Å². The summed E-state index contributed by atoms with van der Waals surface area (Å²) in [6, 6.07) is 0. The van der Waals surface area contributed by atoms with Gasteiger partial charge in [0.15, 0.2) is 0 Å². The zero-order valence-corrected chi connectivity index (χ0v) is 10.6. The summed E-state index contributed by atoms with van der Waals surface area (Å²) in [7, 11) is 0. The number of hydrogen-bond acceptors (Lipinski definition) is 3. The van der Waals surface area contributed by atoms with Crippen LogP contribution in [-0.4, -0.2) is 48.0 Å². The molecule has 96 valence electrons. The van der Waals surface area contributed by atoms with Crippen molar-refractivity contribution >= 4 is 0 Å². The Kier molecular flexibility index (Phi) is 6.32. The molecule has 0 saturated heterocycles. The maximum Gasteiger partial charge on any atom is 0.0558 e. The highest BCUT2D eigenvalue weighted by Crippen LogP contribution is 2.35. The second-order valence-corrected chi connectivity index (χ2v) is 5.16. The van der Waals surface area contributed by atoms with Gasteiger partial charge in [-0.3, -0.25) is 0 Å². The first-order valence-electron chi connectivity index (χ1n) is 6.70. The predicted octanol–water partition coefficient (Wildman–Crippen LogP) is 1.63. The molecule has 0 atom stereocenters. The number of hydrogen-bond donors (Lipinski definition) is 2. The second kappa shape index (κ2) is 7.25. The van der Waals surface area contributed by atoms with Crippen LogP contribution in [0.5, 0.6) is 0 Å². The van der Waals surface area contributed by atoms with E-state index in [1.807, 2.05) is 0 Å². The van der Waals surface area contributed by atoms with Gasteiger partial charge in [0.1, 0.15) is 0 Å². The van der Waals surface area contributed by atoms with Gasteiger partial charge in [-0.15, -0.1) is 0 Å². The van der Waals surface area contributed by atoms with Crippen molar-refractivity contribution in [3.63, 3.8) is 0 Å². The van der Waals surface area contributed by atoms with E-state index in [1.165, 1.54) is 25.7 Å². The van der Waals surface area contributed by atoms with Crippen LogP contribution in [0.15, 0.2) is 0 Å². The van der Waals surface area contributed by atoms with E-state index in [1.54, 1.807) is 0 Å². The van der Waals surface area contributed by atoms with Gasteiger partial charge < -0.3 is 15.1 Å². The highest BCUT2D eigenvalue weighted by atomic mass is 16.3. The molecule has 0 spiro atoms. The molecule has 2 N–H and O–H groups in total. The number of aliphatic hydroxyl groups is 2. The molecule has 0 amide bonds. The number of likely N-dealkylation sites (N-methyl/N-ethyl adjacent to an activating group) is 1. The lowest BCUT2D eigenvalue weighted by molar-refractivity contribution is 0.0545. The molecule has 0 aromatic heterocycles. The van der Waals surface area contributed by atoms with Crippen LogP contribution < -0.4 is 0 Å². The van der Waals surface area contributed by atoms with E-state index in [4.69, 9.17) is 5.11 Å². The van der Waals surface area contributed by atoms with E-state index in [-0.39, 0.29) is 12.0 Å². The van der Waals surface area contributed by atoms with Crippen LogP contribution in [-0.2, 0) is 0 Å². The van der Waals surface area contributed by atoms with Crippen molar-refractivity contribution in [3.05, 3.63) is 0 Å². The number of rotatable bonds is 6. The average molecular weight is 229 g/mol. The van der Waals surface area contributed by atoms with Crippen LogP contribution in [0.2, 0.25) is 0 Å². The Labute approximate surface area is 99.5 Å². The molecule has 1 rings (SSSR count). The molecule has 0 bridgehead atoms. The Morgan fingerprint density at radius 2 is 1.69 bits per heavy atom. The fraction of sp³-hybridized carbons (Fsp3) is 1.00. The summed E-state index contributed by atoms with van der Waals surface area (Å²) in [4.78, 5) is 2.27. The van der Waals surface area contributed by atoms with Crippen LogP contribution in [0.1, 0.15) is 45.4 Å². The monoisotopic (exact) mass is 229 g/mol. The van der Waals surface area contributed by atoms with E-state index < -0.39 is 0 Å². The number of aliphatic hydroxyl groups excluding tert-OH is 2. The molecule has 0 aromatic carbocycles. The molecular formula is C13H27NO2. The Hall–Kier alpha value is -0.120. The zero-order chi connectivity index (χ0) is 11.9. The van der Waals surface area contributed by atoms with E-state index >= 15 is 0 Å². The van der Waals surface area contributed by atoms with Gasteiger partial charge in [0.05, 0.1) is 6.61 Å². The van der Waals surface area contributed by atoms with Crippen molar-refractivity contribution in [2.75, 3.05) is 32.8 Å². The highest BCUT2D eigenvalue weighted by molar-refractivity contribution is 4.84. The molecule has 3 heteroatoms. The lowest BCUT2D eigenvalue weighted by Gasteiger charge is -2.36. The SMILES string of the molecule is CCN(CCO)CC1(CO)CCCCCC1. The topological polar surface area (TPSA) is 43.7 Å². The Bertz CT molecular complexity index is 177. The van der Waals surface area contributed by atoms with Crippen LogP contribution in [0.4, 0.5) is 0 Å². The fourth-order valence-corrected chi connectivity index (χ4v) is 2.81. The maximum atomic E-state index is 9.69. The molecule has 1 aliphatic carbocycles. The minimum absolute atomic E-state index is 0.0989. The Balaban J connectivity index is 2.55. The van der Waals surface area contributed by atoms with Crippen molar-refractivity contribution in [1.82, 2.24) is 4.90 Å². The first-order valence-corrected chi connectivity index (χ1v) is 6.70. The molecule has 0 radical (unpaired) electrons. The van der Waals surface area contributed by atoms with Crippen molar-refractivity contribution in [2.45, 2.75) is 45.4 Å². The lowest BCUT2D eigenvalue weighted by Crippen LogP contribution is -2.41. The largest absolute Gasteiger partial charge is 0.396 e. The van der Waals surface area contributed by atoms with Crippen molar-refractivity contribution in [2.24, 2.45) is 5.41 Å². The molecule has 0 heterocycles. The van der Waals surface area contributed by atoms with Gasteiger partial charge >= 0.3 is 0 Å². The maximum absolute atomic E-state index is 9.69. The van der Waals surface area contributed by atoms with Crippen LogP contribution >= 0.6 is 0 Å². The first kappa shape index (κ1) is 13.9. The molecule has 3 nitrogen and oxygen atoms in total. The van der Waals surface area contributed by atoms with Crippen molar-refractivity contribution < 1.29 is 10.2 Å². The number of nitrogens with zero attached hydrogens (tertiary/aromatic N) is 1. The van der Waals surface area contributed by atoms with Gasteiger partial charge in [-0.05, 0) is 19.4 Å². The molecule has 16 heavy (non-hydrogen) atoms. The molecule has 0 aliphatic heterocycles. The molecule has 1 saturated carbocycles.